The SMILES string of the molecule is CC(C)C(CC[C@@H](C)[C@H]1CC[C@H]2[C@@H]3[C@H](O)C[C@H]4C[C@@H](NCCCNCCCCN=[N+]=[N-])CC[C@]4(C)[C@H]3CC[C@]12C)OS(=O)(=O)O. The van der Waals surface area contributed by atoms with Crippen LogP contribution in [0.15, 0.2) is 5.11 Å². The standard InChI is InChI=1S/C34H63N5O5S/c1-23(2)31(44-45(41,42)43)12-9-24(3)27-10-11-28-32-29(14-16-34(27,28)5)33(4)15-13-26(21-25(33)22-30(32)40)37-19-8-18-36-17-6-7-20-38-39-35/h23-32,36-37,40H,6-22H2,1-5H3,(H,41,42,43)/t24-,25-,26+,27-,28+,29+,30-,31?,32+,33+,34-/m1/s1. The lowest BCUT2D eigenvalue weighted by molar-refractivity contribution is -0.167. The van der Waals surface area contributed by atoms with Crippen LogP contribution in [0.4, 0.5) is 0 Å². The first kappa shape index (κ1) is 36.9. The highest BCUT2D eigenvalue weighted by molar-refractivity contribution is 7.80. The molecule has 4 saturated carbocycles. The normalized spacial score (nSPS) is 37.7. The number of hydrogen-bond donors (Lipinski definition) is 4. The number of aliphatic hydroxyl groups is 1. The summed E-state index contributed by atoms with van der Waals surface area (Å²) in [4.78, 5) is 2.80. The zero-order valence-electron chi connectivity index (χ0n) is 28.7. The van der Waals surface area contributed by atoms with Gasteiger partial charge in [-0.25, -0.2) is 4.18 Å². The number of aliphatic hydroxyl groups excluding tert-OH is 1. The Morgan fingerprint density at radius 3 is 2.38 bits per heavy atom. The van der Waals surface area contributed by atoms with Crippen LogP contribution in [-0.4, -0.2) is 62.5 Å². The summed E-state index contributed by atoms with van der Waals surface area (Å²) in [6.45, 7) is 14.8. The van der Waals surface area contributed by atoms with Crippen molar-refractivity contribution >= 4 is 10.4 Å². The van der Waals surface area contributed by atoms with Gasteiger partial charge in [0.15, 0.2) is 0 Å². The fourth-order valence-electron chi connectivity index (χ4n) is 10.8. The molecule has 0 aromatic carbocycles. The highest BCUT2D eigenvalue weighted by Gasteiger charge is 2.62. The molecule has 4 fully saturated rings. The fourth-order valence-corrected chi connectivity index (χ4v) is 11.4. The van der Waals surface area contributed by atoms with Gasteiger partial charge in [-0.1, -0.05) is 39.7 Å². The van der Waals surface area contributed by atoms with Crippen molar-refractivity contribution in [2.45, 2.75) is 136 Å². The third-order valence-electron chi connectivity index (χ3n) is 13.2. The Morgan fingerprint density at radius 2 is 1.67 bits per heavy atom. The average Bonchev–Trinajstić information content (AvgIpc) is 3.33. The Bertz CT molecular complexity index is 1100. The van der Waals surface area contributed by atoms with Crippen LogP contribution in [-0.2, 0) is 14.6 Å². The summed E-state index contributed by atoms with van der Waals surface area (Å²) in [6.07, 6.45) is 13.2. The predicted molar refractivity (Wildman–Crippen MR) is 179 cm³/mol. The lowest BCUT2D eigenvalue weighted by atomic mass is 9.43. The van der Waals surface area contributed by atoms with Gasteiger partial charge in [-0.05, 0) is 161 Å². The Hall–Kier alpha value is -0.940. The van der Waals surface area contributed by atoms with Crippen LogP contribution in [0.5, 0.6) is 0 Å². The summed E-state index contributed by atoms with van der Waals surface area (Å²) in [6, 6.07) is 0.542. The number of unbranched alkanes of at least 4 members (excludes halogenated alkanes) is 1. The van der Waals surface area contributed by atoms with Crippen LogP contribution in [0.1, 0.15) is 118 Å². The fraction of sp³-hybridized carbons (Fsp3) is 1.00. The van der Waals surface area contributed by atoms with Gasteiger partial charge in [0, 0.05) is 17.5 Å². The molecule has 4 aliphatic rings. The van der Waals surface area contributed by atoms with Crippen LogP contribution in [0.2, 0.25) is 0 Å². The largest absolute Gasteiger partial charge is 0.397 e. The Kier molecular flexibility index (Phi) is 13.1. The van der Waals surface area contributed by atoms with E-state index < -0.39 is 16.5 Å². The quantitative estimate of drug-likeness (QED) is 0.0437. The molecule has 4 rings (SSSR count). The van der Waals surface area contributed by atoms with E-state index in [1.54, 1.807) is 0 Å². The minimum atomic E-state index is -4.46. The van der Waals surface area contributed by atoms with Gasteiger partial charge in [0.25, 0.3) is 0 Å². The monoisotopic (exact) mass is 653 g/mol. The molecule has 0 amide bonds. The van der Waals surface area contributed by atoms with E-state index in [2.05, 4.69) is 41.4 Å². The molecule has 0 bridgehead atoms. The molecule has 4 N–H and O–H groups in total. The number of hydrogen-bond acceptors (Lipinski definition) is 7. The summed E-state index contributed by atoms with van der Waals surface area (Å²) >= 11 is 0. The molecule has 0 aromatic heterocycles. The van der Waals surface area contributed by atoms with Crippen molar-refractivity contribution in [3.63, 3.8) is 0 Å². The number of nitrogens with one attached hydrogen (secondary N) is 2. The van der Waals surface area contributed by atoms with Gasteiger partial charge in [0.05, 0.1) is 12.2 Å². The number of fused-ring (bicyclic) bond motifs is 5. The molecule has 0 radical (unpaired) electrons. The highest BCUT2D eigenvalue weighted by Crippen LogP contribution is 2.68. The predicted octanol–water partition coefficient (Wildman–Crippen LogP) is 6.90. The minimum absolute atomic E-state index is 0.00737. The second-order valence-electron chi connectivity index (χ2n) is 16.1. The van der Waals surface area contributed by atoms with Crippen molar-refractivity contribution < 1.29 is 22.3 Å². The molecule has 0 aliphatic heterocycles. The number of nitrogens with zero attached hydrogens (tertiary/aromatic N) is 3. The zero-order valence-corrected chi connectivity index (χ0v) is 29.5. The van der Waals surface area contributed by atoms with Gasteiger partial charge in [0.1, 0.15) is 0 Å². The molecule has 0 aromatic rings. The van der Waals surface area contributed by atoms with Crippen LogP contribution >= 0.6 is 0 Å². The molecule has 45 heavy (non-hydrogen) atoms. The van der Waals surface area contributed by atoms with E-state index in [0.29, 0.717) is 59.9 Å². The van der Waals surface area contributed by atoms with Crippen LogP contribution in [0, 0.1) is 52.3 Å². The molecule has 11 heteroatoms. The van der Waals surface area contributed by atoms with Crippen molar-refractivity contribution in [2.24, 2.45) is 57.4 Å². The second kappa shape index (κ2) is 16.0. The Labute approximate surface area is 273 Å². The van der Waals surface area contributed by atoms with E-state index in [9.17, 15) is 18.1 Å². The average molecular weight is 654 g/mol. The third kappa shape index (κ3) is 8.95. The number of azide groups is 1. The first-order chi connectivity index (χ1) is 21.3. The molecular weight excluding hydrogens is 590 g/mol. The van der Waals surface area contributed by atoms with E-state index in [4.69, 9.17) is 9.71 Å². The highest BCUT2D eigenvalue weighted by atomic mass is 32.3. The van der Waals surface area contributed by atoms with Crippen LogP contribution in [0.25, 0.3) is 10.4 Å². The first-order valence-electron chi connectivity index (χ1n) is 18.1. The molecule has 4 aliphatic carbocycles. The van der Waals surface area contributed by atoms with Gasteiger partial charge in [-0.15, -0.1) is 0 Å². The molecule has 0 saturated heterocycles. The van der Waals surface area contributed by atoms with E-state index in [-0.39, 0.29) is 17.4 Å². The van der Waals surface area contributed by atoms with Crippen molar-refractivity contribution in [1.29, 1.82) is 0 Å². The minimum Gasteiger partial charge on any atom is -0.393 e. The van der Waals surface area contributed by atoms with Gasteiger partial charge in [-0.2, -0.15) is 8.42 Å². The van der Waals surface area contributed by atoms with Crippen LogP contribution in [0.3, 0.4) is 0 Å². The van der Waals surface area contributed by atoms with Gasteiger partial charge >= 0.3 is 10.4 Å². The van der Waals surface area contributed by atoms with Crippen LogP contribution < -0.4 is 10.6 Å². The summed E-state index contributed by atoms with van der Waals surface area (Å²) in [5, 5.41) is 22.7. The molecule has 11 atom stereocenters. The molecule has 0 heterocycles. The molecule has 1 unspecified atom stereocenters. The second-order valence-corrected chi connectivity index (χ2v) is 17.1. The smallest absolute Gasteiger partial charge is 0.393 e. The van der Waals surface area contributed by atoms with Crippen molar-refractivity contribution in [3.8, 4) is 0 Å². The molecule has 0 spiro atoms. The topological polar surface area (TPSA) is 157 Å². The summed E-state index contributed by atoms with van der Waals surface area (Å²) in [7, 11) is -4.46. The van der Waals surface area contributed by atoms with Crippen molar-refractivity contribution in [3.05, 3.63) is 10.4 Å². The maximum Gasteiger partial charge on any atom is 0.397 e. The molecule has 260 valence electrons. The van der Waals surface area contributed by atoms with E-state index in [1.807, 2.05) is 13.8 Å². The summed E-state index contributed by atoms with van der Waals surface area (Å²) in [5.74, 6) is 3.11. The Morgan fingerprint density at radius 1 is 0.956 bits per heavy atom. The maximum atomic E-state index is 11.8. The van der Waals surface area contributed by atoms with E-state index in [0.717, 1.165) is 51.7 Å². The molecular formula is C34H63N5O5S. The zero-order chi connectivity index (χ0) is 32.8. The number of rotatable bonds is 17. The molecule has 10 nitrogen and oxygen atoms in total. The van der Waals surface area contributed by atoms with Crippen molar-refractivity contribution in [2.75, 3.05) is 26.2 Å². The Balaban J connectivity index is 1.28. The van der Waals surface area contributed by atoms with Gasteiger partial charge in [-0.3, -0.25) is 4.55 Å². The summed E-state index contributed by atoms with van der Waals surface area (Å²) < 4.78 is 37.1. The van der Waals surface area contributed by atoms with E-state index >= 15 is 0 Å². The lowest BCUT2D eigenvalue weighted by Crippen LogP contribution is -2.59. The van der Waals surface area contributed by atoms with Crippen molar-refractivity contribution in [1.82, 2.24) is 10.6 Å². The lowest BCUT2D eigenvalue weighted by Gasteiger charge is -2.62. The van der Waals surface area contributed by atoms with Gasteiger partial charge < -0.3 is 15.7 Å². The van der Waals surface area contributed by atoms with Gasteiger partial charge in [0.2, 0.25) is 0 Å². The first-order valence-corrected chi connectivity index (χ1v) is 19.5. The van der Waals surface area contributed by atoms with E-state index in [1.165, 1.54) is 44.9 Å². The third-order valence-corrected chi connectivity index (χ3v) is 13.7. The summed E-state index contributed by atoms with van der Waals surface area (Å²) in [5.41, 5.74) is 8.86. The maximum absolute atomic E-state index is 11.8.